The van der Waals surface area contributed by atoms with E-state index in [0.29, 0.717) is 4.90 Å². The molecule has 2 N–H and O–H groups in total. The second-order valence-corrected chi connectivity index (χ2v) is 6.55. The van der Waals surface area contributed by atoms with E-state index in [4.69, 9.17) is 0 Å². The summed E-state index contributed by atoms with van der Waals surface area (Å²) in [4.78, 5) is 0.356. The second kappa shape index (κ2) is 5.38. The van der Waals surface area contributed by atoms with E-state index in [1.54, 1.807) is 18.2 Å². The fourth-order valence-electron chi connectivity index (χ4n) is 1.93. The molecule has 0 heterocycles. The van der Waals surface area contributed by atoms with Crippen molar-refractivity contribution < 1.29 is 8.42 Å². The van der Waals surface area contributed by atoms with Crippen LogP contribution in [0, 0.1) is 0 Å². The summed E-state index contributed by atoms with van der Waals surface area (Å²) in [6.07, 6.45) is 3.02. The lowest BCUT2D eigenvalue weighted by Gasteiger charge is -2.26. The van der Waals surface area contributed by atoms with Crippen LogP contribution in [0.25, 0.3) is 0 Å². The van der Waals surface area contributed by atoms with Gasteiger partial charge in [-0.2, -0.15) is 0 Å². The summed E-state index contributed by atoms with van der Waals surface area (Å²) in [7, 11) is -1.50. The van der Waals surface area contributed by atoms with E-state index in [9.17, 15) is 8.42 Å². The second-order valence-electron chi connectivity index (χ2n) is 4.83. The molecule has 0 radical (unpaired) electrons. The van der Waals surface area contributed by atoms with Gasteiger partial charge in [0.05, 0.1) is 4.90 Å². The molecular formula is C13H20N2O2S. The summed E-state index contributed by atoms with van der Waals surface area (Å²) in [5.74, 6) is 0. The molecule has 0 saturated heterocycles. The normalized spacial score (nSPS) is 18.3. The summed E-state index contributed by atoms with van der Waals surface area (Å²) in [5, 5.41) is 3.11. The van der Waals surface area contributed by atoms with E-state index in [0.717, 1.165) is 24.8 Å². The van der Waals surface area contributed by atoms with Crippen LogP contribution in [0.1, 0.15) is 37.8 Å². The van der Waals surface area contributed by atoms with Crippen molar-refractivity contribution in [2.24, 2.45) is 0 Å². The number of benzene rings is 1. The smallest absolute Gasteiger partial charge is 0.240 e. The molecule has 0 spiro atoms. The van der Waals surface area contributed by atoms with E-state index >= 15 is 0 Å². The molecule has 0 bridgehead atoms. The van der Waals surface area contributed by atoms with Gasteiger partial charge in [-0.1, -0.05) is 18.6 Å². The average Bonchev–Trinajstić information content (AvgIpc) is 2.33. The van der Waals surface area contributed by atoms with E-state index < -0.39 is 10.0 Å². The van der Waals surface area contributed by atoms with Crippen LogP contribution >= 0.6 is 0 Å². The van der Waals surface area contributed by atoms with Crippen LogP contribution in [0.3, 0.4) is 0 Å². The minimum atomic E-state index is -3.36. The number of hydrogen-bond donors (Lipinski definition) is 2. The first-order valence-corrected chi connectivity index (χ1v) is 7.81. The van der Waals surface area contributed by atoms with E-state index in [2.05, 4.69) is 10.0 Å². The molecule has 0 aromatic heterocycles. The predicted octanol–water partition coefficient (Wildman–Crippen LogP) is 1.80. The Hall–Kier alpha value is -0.910. The van der Waals surface area contributed by atoms with Gasteiger partial charge in [0.1, 0.15) is 0 Å². The lowest BCUT2D eigenvalue weighted by molar-refractivity contribution is 0.383. The average molecular weight is 268 g/mol. The maximum atomic E-state index is 12.2. The lowest BCUT2D eigenvalue weighted by Crippen LogP contribution is -2.39. The summed E-state index contributed by atoms with van der Waals surface area (Å²) < 4.78 is 27.1. The number of nitrogens with one attached hydrogen (secondary N) is 2. The van der Waals surface area contributed by atoms with E-state index in [1.165, 1.54) is 0 Å². The monoisotopic (exact) mass is 268 g/mol. The third kappa shape index (κ3) is 2.91. The van der Waals surface area contributed by atoms with Crippen molar-refractivity contribution in [2.45, 2.75) is 43.2 Å². The molecule has 1 aromatic carbocycles. The van der Waals surface area contributed by atoms with Gasteiger partial charge < -0.3 is 5.32 Å². The minimum absolute atomic E-state index is 0.125. The SMILES string of the molecule is CNC(C)c1cccc(S(=O)(=O)NC2CCC2)c1. The molecule has 2 rings (SSSR count). The Balaban J connectivity index is 2.21. The van der Waals surface area contributed by atoms with Crippen molar-refractivity contribution in [1.29, 1.82) is 0 Å². The molecule has 1 aliphatic rings. The van der Waals surface area contributed by atoms with Gasteiger partial charge in [-0.15, -0.1) is 0 Å². The first-order valence-electron chi connectivity index (χ1n) is 6.32. The van der Waals surface area contributed by atoms with Gasteiger partial charge in [0, 0.05) is 12.1 Å². The highest BCUT2D eigenvalue weighted by atomic mass is 32.2. The molecule has 5 heteroatoms. The van der Waals surface area contributed by atoms with Crippen molar-refractivity contribution in [3.05, 3.63) is 29.8 Å². The molecule has 100 valence electrons. The fourth-order valence-corrected chi connectivity index (χ4v) is 3.29. The Morgan fingerprint density at radius 3 is 2.61 bits per heavy atom. The first kappa shape index (κ1) is 13.5. The molecule has 1 aliphatic carbocycles. The number of hydrogen-bond acceptors (Lipinski definition) is 3. The minimum Gasteiger partial charge on any atom is -0.313 e. The van der Waals surface area contributed by atoms with Gasteiger partial charge in [-0.25, -0.2) is 13.1 Å². The van der Waals surface area contributed by atoms with Crippen LogP contribution in [0.2, 0.25) is 0 Å². The standard InChI is InChI=1S/C13H20N2O2S/c1-10(14-2)11-5-3-8-13(9-11)18(16,17)15-12-6-4-7-12/h3,5,8-10,12,14-15H,4,6-7H2,1-2H3. The van der Waals surface area contributed by atoms with Gasteiger partial charge in [0.15, 0.2) is 0 Å². The van der Waals surface area contributed by atoms with Crippen LogP contribution in [0.15, 0.2) is 29.2 Å². The van der Waals surface area contributed by atoms with Gasteiger partial charge in [0.25, 0.3) is 0 Å². The third-order valence-corrected chi connectivity index (χ3v) is 5.05. The molecule has 1 atom stereocenters. The summed E-state index contributed by atoms with van der Waals surface area (Å²) in [6, 6.07) is 7.38. The van der Waals surface area contributed by atoms with Crippen LogP contribution in [0.4, 0.5) is 0 Å². The Morgan fingerprint density at radius 2 is 2.06 bits per heavy atom. The highest BCUT2D eigenvalue weighted by molar-refractivity contribution is 7.89. The zero-order valence-electron chi connectivity index (χ0n) is 10.8. The van der Waals surface area contributed by atoms with Crippen molar-refractivity contribution in [3.8, 4) is 0 Å². The number of rotatable bonds is 5. The Bertz CT molecular complexity index is 509. The Kier molecular flexibility index (Phi) is 4.04. The van der Waals surface area contributed by atoms with Gasteiger partial charge in [-0.3, -0.25) is 0 Å². The predicted molar refractivity (Wildman–Crippen MR) is 71.9 cm³/mol. The molecule has 18 heavy (non-hydrogen) atoms. The molecule has 4 nitrogen and oxygen atoms in total. The van der Waals surface area contributed by atoms with Crippen LogP contribution in [-0.2, 0) is 10.0 Å². The van der Waals surface area contributed by atoms with Crippen molar-refractivity contribution in [1.82, 2.24) is 10.0 Å². The van der Waals surface area contributed by atoms with Crippen molar-refractivity contribution >= 4 is 10.0 Å². The Labute approximate surface area is 109 Å². The van der Waals surface area contributed by atoms with Crippen LogP contribution in [-0.4, -0.2) is 21.5 Å². The summed E-state index contributed by atoms with van der Waals surface area (Å²) in [6.45, 7) is 2.01. The zero-order chi connectivity index (χ0) is 13.2. The van der Waals surface area contributed by atoms with Crippen molar-refractivity contribution in [3.63, 3.8) is 0 Å². The molecule has 0 aliphatic heterocycles. The van der Waals surface area contributed by atoms with Crippen LogP contribution < -0.4 is 10.0 Å². The summed E-state index contributed by atoms with van der Waals surface area (Å²) >= 11 is 0. The first-order chi connectivity index (χ1) is 8.53. The zero-order valence-corrected chi connectivity index (χ0v) is 11.6. The quantitative estimate of drug-likeness (QED) is 0.856. The topological polar surface area (TPSA) is 58.2 Å². The molecule has 0 amide bonds. The van der Waals surface area contributed by atoms with Gasteiger partial charge >= 0.3 is 0 Å². The highest BCUT2D eigenvalue weighted by Gasteiger charge is 2.24. The van der Waals surface area contributed by atoms with Gasteiger partial charge in [0.2, 0.25) is 10.0 Å². The third-order valence-electron chi connectivity index (χ3n) is 3.53. The molecule has 1 fully saturated rings. The molecule has 1 aromatic rings. The summed E-state index contributed by atoms with van der Waals surface area (Å²) in [5.41, 5.74) is 0.981. The molecule has 1 unspecified atom stereocenters. The highest BCUT2D eigenvalue weighted by Crippen LogP contribution is 2.22. The largest absolute Gasteiger partial charge is 0.313 e. The molecular weight excluding hydrogens is 248 g/mol. The van der Waals surface area contributed by atoms with Crippen LogP contribution in [0.5, 0.6) is 0 Å². The van der Waals surface area contributed by atoms with Crippen molar-refractivity contribution in [2.75, 3.05) is 7.05 Å². The van der Waals surface area contributed by atoms with E-state index in [1.807, 2.05) is 20.0 Å². The Morgan fingerprint density at radius 1 is 1.33 bits per heavy atom. The van der Waals surface area contributed by atoms with E-state index in [-0.39, 0.29) is 12.1 Å². The number of sulfonamides is 1. The molecule has 1 saturated carbocycles. The maximum absolute atomic E-state index is 12.2. The lowest BCUT2D eigenvalue weighted by atomic mass is 9.94. The fraction of sp³-hybridized carbons (Fsp3) is 0.538. The van der Waals surface area contributed by atoms with Gasteiger partial charge in [-0.05, 0) is 44.5 Å². The maximum Gasteiger partial charge on any atom is 0.240 e.